The van der Waals surface area contributed by atoms with Gasteiger partial charge in [0.15, 0.2) is 0 Å². The first-order valence-electron chi connectivity index (χ1n) is 6.28. The van der Waals surface area contributed by atoms with Crippen molar-refractivity contribution < 1.29 is 0 Å². The number of piperidine rings is 1. The number of hydrogen-bond donors (Lipinski definition) is 1. The predicted molar refractivity (Wildman–Crippen MR) is 69.8 cm³/mol. The van der Waals surface area contributed by atoms with Gasteiger partial charge < -0.3 is 10.6 Å². The van der Waals surface area contributed by atoms with Crippen LogP contribution in [0.2, 0.25) is 0 Å². The first-order valence-corrected chi connectivity index (χ1v) is 6.28. The van der Waals surface area contributed by atoms with E-state index in [2.05, 4.69) is 17.0 Å². The molecule has 0 bridgehead atoms. The van der Waals surface area contributed by atoms with E-state index in [0.29, 0.717) is 5.92 Å². The number of benzene rings is 1. The Bertz CT molecular complexity index is 406. The van der Waals surface area contributed by atoms with Gasteiger partial charge in [0.1, 0.15) is 0 Å². The Balaban J connectivity index is 2.08. The summed E-state index contributed by atoms with van der Waals surface area (Å²) in [4.78, 5) is 2.38. The van der Waals surface area contributed by atoms with E-state index in [1.807, 2.05) is 18.2 Å². The highest BCUT2D eigenvalue weighted by molar-refractivity contribution is 5.51. The van der Waals surface area contributed by atoms with Crippen LogP contribution < -0.4 is 10.6 Å². The molecule has 90 valence electrons. The van der Waals surface area contributed by atoms with Crippen molar-refractivity contribution in [3.63, 3.8) is 0 Å². The first kappa shape index (κ1) is 11.9. The van der Waals surface area contributed by atoms with Gasteiger partial charge in [-0.15, -0.1) is 0 Å². The molecular formula is C14H19N3. The Morgan fingerprint density at radius 1 is 1.47 bits per heavy atom. The topological polar surface area (TPSA) is 53.0 Å². The summed E-state index contributed by atoms with van der Waals surface area (Å²) < 4.78 is 0. The molecular weight excluding hydrogens is 210 g/mol. The fourth-order valence-corrected chi connectivity index (χ4v) is 2.54. The second-order valence-corrected chi connectivity index (χ2v) is 4.69. The molecule has 1 saturated heterocycles. The third kappa shape index (κ3) is 2.98. The van der Waals surface area contributed by atoms with E-state index in [1.165, 1.54) is 18.5 Å². The van der Waals surface area contributed by atoms with Crippen molar-refractivity contribution in [3.05, 3.63) is 29.8 Å². The second-order valence-electron chi connectivity index (χ2n) is 4.69. The third-order valence-corrected chi connectivity index (χ3v) is 3.43. The number of rotatable bonds is 3. The molecule has 2 N–H and O–H groups in total. The molecule has 0 aliphatic carbocycles. The van der Waals surface area contributed by atoms with E-state index in [4.69, 9.17) is 11.0 Å². The van der Waals surface area contributed by atoms with Gasteiger partial charge in [-0.25, -0.2) is 0 Å². The van der Waals surface area contributed by atoms with Crippen molar-refractivity contribution in [1.82, 2.24) is 0 Å². The van der Waals surface area contributed by atoms with Crippen LogP contribution in [0, 0.1) is 17.2 Å². The lowest BCUT2D eigenvalue weighted by Crippen LogP contribution is -2.36. The van der Waals surface area contributed by atoms with Gasteiger partial charge in [0, 0.05) is 18.8 Å². The summed E-state index contributed by atoms with van der Waals surface area (Å²) in [6.45, 7) is 2.94. The summed E-state index contributed by atoms with van der Waals surface area (Å²) in [5, 5.41) is 8.91. The molecule has 0 radical (unpaired) electrons. The van der Waals surface area contributed by atoms with Gasteiger partial charge in [0.2, 0.25) is 0 Å². The van der Waals surface area contributed by atoms with Crippen LogP contribution in [0.1, 0.15) is 24.8 Å². The number of nitrogens with two attached hydrogens (primary N) is 1. The van der Waals surface area contributed by atoms with Crippen molar-refractivity contribution in [2.75, 3.05) is 24.5 Å². The van der Waals surface area contributed by atoms with E-state index in [9.17, 15) is 0 Å². The maximum atomic E-state index is 8.91. The number of nitriles is 1. The van der Waals surface area contributed by atoms with E-state index >= 15 is 0 Å². The summed E-state index contributed by atoms with van der Waals surface area (Å²) in [6, 6.07) is 10.1. The molecule has 1 atom stereocenters. The van der Waals surface area contributed by atoms with Crippen molar-refractivity contribution in [2.24, 2.45) is 11.7 Å². The van der Waals surface area contributed by atoms with Crippen LogP contribution in [-0.2, 0) is 0 Å². The van der Waals surface area contributed by atoms with Crippen LogP contribution in [0.15, 0.2) is 24.3 Å². The maximum Gasteiger partial charge on any atom is 0.0992 e. The maximum absolute atomic E-state index is 8.91. The molecule has 17 heavy (non-hydrogen) atoms. The highest BCUT2D eigenvalue weighted by Gasteiger charge is 2.19. The Morgan fingerprint density at radius 2 is 2.35 bits per heavy atom. The molecule has 0 aromatic heterocycles. The zero-order chi connectivity index (χ0) is 12.1. The number of hydrogen-bond acceptors (Lipinski definition) is 3. The minimum atomic E-state index is 0.708. The van der Waals surface area contributed by atoms with Crippen LogP contribution in [0.25, 0.3) is 0 Å². The fraction of sp³-hybridized carbons (Fsp3) is 0.500. The lowest BCUT2D eigenvalue weighted by Gasteiger charge is -2.34. The van der Waals surface area contributed by atoms with E-state index in [1.54, 1.807) is 0 Å². The zero-order valence-electron chi connectivity index (χ0n) is 10.1. The summed E-state index contributed by atoms with van der Waals surface area (Å²) >= 11 is 0. The number of anilines is 1. The van der Waals surface area contributed by atoms with Gasteiger partial charge in [-0.05, 0) is 49.9 Å². The van der Waals surface area contributed by atoms with Crippen molar-refractivity contribution in [2.45, 2.75) is 19.3 Å². The summed E-state index contributed by atoms with van der Waals surface area (Å²) in [5.41, 5.74) is 7.54. The zero-order valence-corrected chi connectivity index (χ0v) is 10.1. The monoisotopic (exact) mass is 229 g/mol. The fourth-order valence-electron chi connectivity index (χ4n) is 2.54. The molecule has 0 saturated carbocycles. The third-order valence-electron chi connectivity index (χ3n) is 3.43. The Labute approximate surface area is 103 Å². The van der Waals surface area contributed by atoms with E-state index < -0.39 is 0 Å². The Hall–Kier alpha value is -1.53. The van der Waals surface area contributed by atoms with E-state index in [-0.39, 0.29) is 0 Å². The molecule has 1 aliphatic heterocycles. The van der Waals surface area contributed by atoms with Crippen molar-refractivity contribution in [3.8, 4) is 6.07 Å². The summed E-state index contributed by atoms with van der Waals surface area (Å²) in [7, 11) is 0. The second kappa shape index (κ2) is 5.70. The highest BCUT2D eigenvalue weighted by Crippen LogP contribution is 2.25. The normalized spacial score (nSPS) is 20.0. The summed E-state index contributed by atoms with van der Waals surface area (Å²) in [5.74, 6) is 0.708. The van der Waals surface area contributed by atoms with Crippen LogP contribution >= 0.6 is 0 Å². The number of nitrogens with zero attached hydrogens (tertiary/aromatic N) is 2. The molecule has 0 spiro atoms. The summed E-state index contributed by atoms with van der Waals surface area (Å²) in [6.07, 6.45) is 3.61. The minimum Gasteiger partial charge on any atom is -0.371 e. The van der Waals surface area contributed by atoms with Crippen LogP contribution in [-0.4, -0.2) is 19.6 Å². The molecule has 0 amide bonds. The Morgan fingerprint density at radius 3 is 3.12 bits per heavy atom. The van der Waals surface area contributed by atoms with Gasteiger partial charge in [0.25, 0.3) is 0 Å². The predicted octanol–water partition coefficient (Wildman–Crippen LogP) is 2.12. The molecule has 1 aliphatic rings. The quantitative estimate of drug-likeness (QED) is 0.863. The standard InChI is InChI=1S/C14H19N3/c15-7-6-12-4-2-8-17(11-12)14-5-1-3-13(9-14)10-16/h1,3,5,9,12H,2,4,6-8,11,15H2. The van der Waals surface area contributed by atoms with E-state index in [0.717, 1.165) is 31.6 Å². The minimum absolute atomic E-state index is 0.708. The van der Waals surface area contributed by atoms with Gasteiger partial charge in [-0.2, -0.15) is 5.26 Å². The lowest BCUT2D eigenvalue weighted by atomic mass is 9.94. The van der Waals surface area contributed by atoms with Gasteiger partial charge in [-0.1, -0.05) is 6.07 Å². The van der Waals surface area contributed by atoms with Crippen molar-refractivity contribution in [1.29, 1.82) is 5.26 Å². The SMILES string of the molecule is N#Cc1cccc(N2CCCC(CCN)C2)c1. The lowest BCUT2D eigenvalue weighted by molar-refractivity contribution is 0.396. The molecule has 1 heterocycles. The smallest absolute Gasteiger partial charge is 0.0992 e. The molecule has 3 heteroatoms. The molecule has 1 fully saturated rings. The van der Waals surface area contributed by atoms with Crippen LogP contribution in [0.3, 0.4) is 0 Å². The average molecular weight is 229 g/mol. The Kier molecular flexibility index (Phi) is 4.00. The molecule has 1 aromatic rings. The molecule has 1 unspecified atom stereocenters. The van der Waals surface area contributed by atoms with Gasteiger partial charge in [0.05, 0.1) is 11.6 Å². The molecule has 2 rings (SSSR count). The van der Waals surface area contributed by atoms with Crippen molar-refractivity contribution >= 4 is 5.69 Å². The van der Waals surface area contributed by atoms with Gasteiger partial charge >= 0.3 is 0 Å². The molecule has 1 aromatic carbocycles. The molecule has 3 nitrogen and oxygen atoms in total. The largest absolute Gasteiger partial charge is 0.371 e. The first-order chi connectivity index (χ1) is 8.33. The van der Waals surface area contributed by atoms with Crippen LogP contribution in [0.5, 0.6) is 0 Å². The van der Waals surface area contributed by atoms with Gasteiger partial charge in [-0.3, -0.25) is 0 Å². The highest BCUT2D eigenvalue weighted by atomic mass is 15.1. The average Bonchev–Trinajstić information content (AvgIpc) is 2.40. The van der Waals surface area contributed by atoms with Crippen LogP contribution in [0.4, 0.5) is 5.69 Å².